The number of hydrogen-bond donors (Lipinski definition) is 0. The van der Waals surface area contributed by atoms with Crippen molar-refractivity contribution in [1.29, 1.82) is 0 Å². The first-order chi connectivity index (χ1) is 11.7. The Bertz CT molecular complexity index is 748. The van der Waals surface area contributed by atoms with Crippen LogP contribution >= 0.6 is 0 Å². The number of urea groups is 1. The minimum atomic E-state index is -0.513. The molecule has 2 amide bonds. The second kappa shape index (κ2) is 6.00. The quantitative estimate of drug-likeness (QED) is 0.812. The fourth-order valence-corrected chi connectivity index (χ4v) is 3.43. The summed E-state index contributed by atoms with van der Waals surface area (Å²) >= 11 is 0. The summed E-state index contributed by atoms with van der Waals surface area (Å²) in [7, 11) is 0. The van der Waals surface area contributed by atoms with Crippen molar-refractivity contribution in [3.05, 3.63) is 71.8 Å². The maximum Gasteiger partial charge on any atom is 0.331 e. The zero-order valence-corrected chi connectivity index (χ0v) is 13.2. The SMILES string of the molecule is O=C1OCC2[C@@H]1N(Cc1ccccc1)C(=O)N2Cc1ccccc1. The molecule has 0 radical (unpaired) electrons. The standard InChI is InChI=1S/C19H18N2O3/c22-18-17-16(13-24-18)20(11-14-7-3-1-4-8-14)19(23)21(17)12-15-9-5-2-6-10-15/h1-10,16-17H,11-13H2/t16?,17-/m0/s1. The second-order valence-corrected chi connectivity index (χ2v) is 6.15. The summed E-state index contributed by atoms with van der Waals surface area (Å²) in [6, 6.07) is 18.7. The number of hydrogen-bond acceptors (Lipinski definition) is 3. The molecule has 0 aliphatic carbocycles. The molecule has 0 saturated carbocycles. The first-order valence-electron chi connectivity index (χ1n) is 8.06. The number of rotatable bonds is 4. The third-order valence-corrected chi connectivity index (χ3v) is 4.62. The monoisotopic (exact) mass is 322 g/mol. The fraction of sp³-hybridized carbons (Fsp3) is 0.263. The first kappa shape index (κ1) is 14.8. The number of carbonyl (C=O) groups excluding carboxylic acids is 2. The van der Waals surface area contributed by atoms with Gasteiger partial charge in [0.05, 0.1) is 6.04 Å². The highest BCUT2D eigenvalue weighted by Crippen LogP contribution is 2.31. The molecule has 0 spiro atoms. The Balaban J connectivity index is 1.60. The van der Waals surface area contributed by atoms with Gasteiger partial charge in [-0.1, -0.05) is 60.7 Å². The van der Waals surface area contributed by atoms with Gasteiger partial charge < -0.3 is 14.5 Å². The molecule has 5 heteroatoms. The minimum absolute atomic E-state index is 0.102. The van der Waals surface area contributed by atoms with E-state index in [4.69, 9.17) is 4.74 Å². The predicted octanol–water partition coefficient (Wildman–Crippen LogP) is 2.42. The highest BCUT2D eigenvalue weighted by Gasteiger charge is 2.54. The van der Waals surface area contributed by atoms with Crippen LogP contribution in [0.4, 0.5) is 4.79 Å². The molecule has 2 aromatic rings. The van der Waals surface area contributed by atoms with Crippen molar-refractivity contribution in [1.82, 2.24) is 9.80 Å². The molecule has 2 aliphatic heterocycles. The van der Waals surface area contributed by atoms with Gasteiger partial charge in [0, 0.05) is 13.1 Å². The highest BCUT2D eigenvalue weighted by atomic mass is 16.5. The summed E-state index contributed by atoms with van der Waals surface area (Å²) in [4.78, 5) is 28.5. The number of fused-ring (bicyclic) bond motifs is 1. The number of benzene rings is 2. The molecule has 4 rings (SSSR count). The molecule has 2 atom stereocenters. The van der Waals surface area contributed by atoms with E-state index >= 15 is 0 Å². The van der Waals surface area contributed by atoms with Crippen LogP contribution in [0.2, 0.25) is 0 Å². The van der Waals surface area contributed by atoms with Crippen LogP contribution in [0.3, 0.4) is 0 Å². The van der Waals surface area contributed by atoms with Crippen LogP contribution in [0.5, 0.6) is 0 Å². The molecule has 1 unspecified atom stereocenters. The molecule has 2 heterocycles. The zero-order valence-electron chi connectivity index (χ0n) is 13.2. The van der Waals surface area contributed by atoms with E-state index in [2.05, 4.69) is 0 Å². The lowest BCUT2D eigenvalue weighted by Crippen LogP contribution is -2.38. The zero-order chi connectivity index (χ0) is 16.5. The van der Waals surface area contributed by atoms with E-state index in [-0.39, 0.29) is 24.6 Å². The highest BCUT2D eigenvalue weighted by molar-refractivity contribution is 5.90. The number of cyclic esters (lactones) is 1. The van der Waals surface area contributed by atoms with Gasteiger partial charge in [0.15, 0.2) is 6.04 Å². The Morgan fingerprint density at radius 2 is 1.38 bits per heavy atom. The van der Waals surface area contributed by atoms with E-state index in [9.17, 15) is 9.59 Å². The van der Waals surface area contributed by atoms with E-state index in [0.717, 1.165) is 11.1 Å². The molecular formula is C19H18N2O3. The van der Waals surface area contributed by atoms with Crippen molar-refractivity contribution in [3.63, 3.8) is 0 Å². The number of nitrogens with zero attached hydrogens (tertiary/aromatic N) is 2. The van der Waals surface area contributed by atoms with Gasteiger partial charge in [-0.05, 0) is 11.1 Å². The second-order valence-electron chi connectivity index (χ2n) is 6.15. The third kappa shape index (κ3) is 2.52. The largest absolute Gasteiger partial charge is 0.462 e. The molecule has 24 heavy (non-hydrogen) atoms. The number of esters is 1. The van der Waals surface area contributed by atoms with Crippen LogP contribution in [0.25, 0.3) is 0 Å². The van der Waals surface area contributed by atoms with Crippen LogP contribution in [0.15, 0.2) is 60.7 Å². The maximum absolute atomic E-state index is 12.9. The van der Waals surface area contributed by atoms with Crippen LogP contribution in [0.1, 0.15) is 11.1 Å². The van der Waals surface area contributed by atoms with Gasteiger partial charge in [0.1, 0.15) is 6.61 Å². The molecule has 2 aliphatic rings. The molecule has 5 nitrogen and oxygen atoms in total. The molecule has 2 aromatic carbocycles. The first-order valence-corrected chi connectivity index (χ1v) is 8.06. The van der Waals surface area contributed by atoms with Crippen LogP contribution in [-0.2, 0) is 22.6 Å². The summed E-state index contributed by atoms with van der Waals surface area (Å²) < 4.78 is 5.23. The average Bonchev–Trinajstić information content (AvgIpc) is 3.11. The van der Waals surface area contributed by atoms with Crippen molar-refractivity contribution in [3.8, 4) is 0 Å². The van der Waals surface area contributed by atoms with Crippen molar-refractivity contribution in [2.24, 2.45) is 0 Å². The topological polar surface area (TPSA) is 49.9 Å². The number of ether oxygens (including phenoxy) is 1. The van der Waals surface area contributed by atoms with Gasteiger partial charge in [-0.3, -0.25) is 0 Å². The summed E-state index contributed by atoms with van der Waals surface area (Å²) in [5, 5.41) is 0. The lowest BCUT2D eigenvalue weighted by Gasteiger charge is -2.22. The molecule has 2 saturated heterocycles. The van der Waals surface area contributed by atoms with Gasteiger partial charge in [0.25, 0.3) is 0 Å². The molecular weight excluding hydrogens is 304 g/mol. The van der Waals surface area contributed by atoms with Crippen molar-refractivity contribution in [2.45, 2.75) is 25.2 Å². The van der Waals surface area contributed by atoms with Crippen molar-refractivity contribution >= 4 is 12.0 Å². The Hall–Kier alpha value is -2.82. The van der Waals surface area contributed by atoms with Gasteiger partial charge in [0.2, 0.25) is 0 Å². The summed E-state index contributed by atoms with van der Waals surface area (Å²) in [5.74, 6) is -0.306. The lowest BCUT2D eigenvalue weighted by atomic mass is 10.1. The minimum Gasteiger partial charge on any atom is -0.462 e. The Kier molecular flexibility index (Phi) is 3.69. The predicted molar refractivity (Wildman–Crippen MR) is 87.9 cm³/mol. The number of carbonyl (C=O) groups is 2. The van der Waals surface area contributed by atoms with Crippen molar-refractivity contribution in [2.75, 3.05) is 6.61 Å². The van der Waals surface area contributed by atoms with E-state index in [1.54, 1.807) is 9.80 Å². The Morgan fingerprint density at radius 1 is 0.833 bits per heavy atom. The summed E-state index contributed by atoms with van der Waals surface area (Å²) in [6.07, 6.45) is 0. The van der Waals surface area contributed by atoms with Crippen LogP contribution < -0.4 is 0 Å². The molecule has 0 aromatic heterocycles. The maximum atomic E-state index is 12.9. The van der Waals surface area contributed by atoms with Crippen LogP contribution in [-0.4, -0.2) is 40.5 Å². The molecule has 0 bridgehead atoms. The fourth-order valence-electron chi connectivity index (χ4n) is 3.43. The van der Waals surface area contributed by atoms with E-state index in [1.807, 2.05) is 60.7 Å². The van der Waals surface area contributed by atoms with Gasteiger partial charge in [-0.2, -0.15) is 0 Å². The van der Waals surface area contributed by atoms with E-state index < -0.39 is 6.04 Å². The molecule has 122 valence electrons. The van der Waals surface area contributed by atoms with Gasteiger partial charge in [-0.25, -0.2) is 9.59 Å². The lowest BCUT2D eigenvalue weighted by molar-refractivity contribution is -0.141. The van der Waals surface area contributed by atoms with Crippen LogP contribution in [0, 0.1) is 0 Å². The van der Waals surface area contributed by atoms with E-state index in [0.29, 0.717) is 13.1 Å². The molecule has 2 fully saturated rings. The average molecular weight is 322 g/mol. The third-order valence-electron chi connectivity index (χ3n) is 4.62. The van der Waals surface area contributed by atoms with E-state index in [1.165, 1.54) is 0 Å². The van der Waals surface area contributed by atoms with Crippen molar-refractivity contribution < 1.29 is 14.3 Å². The van der Waals surface area contributed by atoms with Gasteiger partial charge >= 0.3 is 12.0 Å². The Labute approximate surface area is 140 Å². The molecule has 0 N–H and O–H groups in total. The smallest absolute Gasteiger partial charge is 0.331 e. The van der Waals surface area contributed by atoms with Gasteiger partial charge in [-0.15, -0.1) is 0 Å². The summed E-state index contributed by atoms with van der Waals surface area (Å²) in [6.45, 7) is 1.18. The Morgan fingerprint density at radius 3 is 1.96 bits per heavy atom. The normalized spacial score (nSPS) is 22.7. The summed E-state index contributed by atoms with van der Waals surface area (Å²) in [5.41, 5.74) is 2.05. The number of amides is 2.